The summed E-state index contributed by atoms with van der Waals surface area (Å²) in [4.78, 5) is 50.8. The summed E-state index contributed by atoms with van der Waals surface area (Å²) in [7, 11) is 0. The standard InChI is InChI=1S/C42H40N2O12/c45-39(19-15-31-9-3-21-49-31)53-35-17-13-30(26-38(35)56-42(48)44-28-34-12-6-24-52-34)8-2-1-7-29-14-18-36(55-41(47)43-27-33-11-5-23-51-33)37(25-29)54-40(46)20-16-32-10-4-22-50-32/h3-6,9-14,17-18,21-26H,1-2,7-8,15-16,19-20,27-28H2,(H,43,47)(H,44,48). The summed E-state index contributed by atoms with van der Waals surface area (Å²) in [6.45, 7) is 0.233. The molecule has 0 fully saturated rings. The number of hydrogen-bond donors (Lipinski definition) is 2. The van der Waals surface area contributed by atoms with Gasteiger partial charge in [-0.3, -0.25) is 9.59 Å². The number of carbonyl (C=O) groups is 4. The fraction of sp³-hybridized carbons (Fsp3) is 0.238. The minimum absolute atomic E-state index is 0.0577. The summed E-state index contributed by atoms with van der Waals surface area (Å²) in [5.74, 6) is 1.76. The molecule has 290 valence electrons. The highest BCUT2D eigenvalue weighted by Crippen LogP contribution is 2.32. The van der Waals surface area contributed by atoms with Gasteiger partial charge < -0.3 is 47.2 Å². The Bertz CT molecular complexity index is 1980. The predicted molar refractivity (Wildman–Crippen MR) is 198 cm³/mol. The quantitative estimate of drug-likeness (QED) is 0.0458. The number of furan rings is 4. The topological polar surface area (TPSA) is 182 Å². The summed E-state index contributed by atoms with van der Waals surface area (Å²) < 4.78 is 43.5. The maximum Gasteiger partial charge on any atom is 0.413 e. The third-order valence-electron chi connectivity index (χ3n) is 8.34. The van der Waals surface area contributed by atoms with Gasteiger partial charge in [-0.15, -0.1) is 0 Å². The van der Waals surface area contributed by atoms with E-state index >= 15 is 0 Å². The molecule has 14 nitrogen and oxygen atoms in total. The van der Waals surface area contributed by atoms with Crippen LogP contribution in [0.3, 0.4) is 0 Å². The molecule has 4 aromatic heterocycles. The lowest BCUT2D eigenvalue weighted by Crippen LogP contribution is -2.26. The van der Waals surface area contributed by atoms with Crippen LogP contribution < -0.4 is 29.6 Å². The summed E-state index contributed by atoms with van der Waals surface area (Å²) in [6, 6.07) is 24.0. The average Bonchev–Trinajstić information content (AvgIpc) is 4.05. The van der Waals surface area contributed by atoms with E-state index in [2.05, 4.69) is 10.6 Å². The van der Waals surface area contributed by atoms with Crippen molar-refractivity contribution in [2.24, 2.45) is 0 Å². The minimum atomic E-state index is -0.744. The van der Waals surface area contributed by atoms with Gasteiger partial charge in [-0.25, -0.2) is 9.59 Å². The van der Waals surface area contributed by atoms with Crippen LogP contribution >= 0.6 is 0 Å². The fourth-order valence-electron chi connectivity index (χ4n) is 5.53. The first kappa shape index (κ1) is 38.8. The fourth-order valence-corrected chi connectivity index (χ4v) is 5.53. The number of rotatable bonds is 19. The molecule has 0 spiro atoms. The zero-order chi connectivity index (χ0) is 39.0. The van der Waals surface area contributed by atoms with Gasteiger partial charge in [0.15, 0.2) is 23.0 Å². The highest BCUT2D eigenvalue weighted by Gasteiger charge is 2.18. The molecule has 56 heavy (non-hydrogen) atoms. The van der Waals surface area contributed by atoms with Gasteiger partial charge >= 0.3 is 24.1 Å². The monoisotopic (exact) mass is 764 g/mol. The Balaban J connectivity index is 1.06. The van der Waals surface area contributed by atoms with Crippen molar-refractivity contribution < 1.29 is 55.8 Å². The molecule has 2 aromatic carbocycles. The van der Waals surface area contributed by atoms with Crippen LogP contribution in [0.2, 0.25) is 0 Å². The SMILES string of the molecule is O=C(CCc1ccco1)Oc1cc(CCCCc2ccc(OC(=O)CCc3ccco3)c(OC(=O)NCc3ccco3)c2)ccc1OC(=O)NCc1ccco1. The predicted octanol–water partition coefficient (Wildman–Crippen LogP) is 8.28. The molecule has 0 unspecified atom stereocenters. The molecular formula is C42H40N2O12. The van der Waals surface area contributed by atoms with Crippen molar-refractivity contribution in [2.45, 2.75) is 64.5 Å². The van der Waals surface area contributed by atoms with Gasteiger partial charge in [0, 0.05) is 12.8 Å². The van der Waals surface area contributed by atoms with Crippen LogP contribution in [0, 0.1) is 0 Å². The Kier molecular flexibility index (Phi) is 13.8. The second kappa shape index (κ2) is 19.9. The van der Waals surface area contributed by atoms with Crippen molar-refractivity contribution in [3.63, 3.8) is 0 Å². The molecule has 0 radical (unpaired) electrons. The van der Waals surface area contributed by atoms with Crippen molar-refractivity contribution in [2.75, 3.05) is 0 Å². The van der Waals surface area contributed by atoms with Gasteiger partial charge in [-0.1, -0.05) is 12.1 Å². The molecule has 0 aliphatic carbocycles. The summed E-state index contributed by atoms with van der Waals surface area (Å²) >= 11 is 0. The van der Waals surface area contributed by atoms with Crippen LogP contribution in [-0.4, -0.2) is 24.1 Å². The van der Waals surface area contributed by atoms with E-state index in [1.165, 1.54) is 25.1 Å². The number of hydrogen-bond acceptors (Lipinski definition) is 12. The summed E-state index contributed by atoms with van der Waals surface area (Å²) in [5.41, 5.74) is 1.71. The normalized spacial score (nSPS) is 10.8. The Morgan fingerprint density at radius 3 is 1.29 bits per heavy atom. The third-order valence-corrected chi connectivity index (χ3v) is 8.34. The molecule has 6 rings (SSSR count). The van der Waals surface area contributed by atoms with Crippen LogP contribution in [0.1, 0.15) is 59.9 Å². The Morgan fingerprint density at radius 1 is 0.446 bits per heavy atom. The molecule has 0 aliphatic heterocycles. The second-order valence-corrected chi connectivity index (χ2v) is 12.5. The number of nitrogens with one attached hydrogen (secondary N) is 2. The highest BCUT2D eigenvalue weighted by atomic mass is 16.6. The molecule has 2 N–H and O–H groups in total. The van der Waals surface area contributed by atoms with Crippen LogP contribution in [0.4, 0.5) is 9.59 Å². The first-order chi connectivity index (χ1) is 27.4. The maximum absolute atomic E-state index is 12.8. The van der Waals surface area contributed by atoms with E-state index in [4.69, 9.17) is 36.6 Å². The largest absolute Gasteiger partial charge is 0.469 e. The van der Waals surface area contributed by atoms with Crippen molar-refractivity contribution in [1.82, 2.24) is 10.6 Å². The van der Waals surface area contributed by atoms with Gasteiger partial charge in [-0.2, -0.15) is 0 Å². The van der Waals surface area contributed by atoms with E-state index in [9.17, 15) is 19.2 Å². The highest BCUT2D eigenvalue weighted by molar-refractivity contribution is 5.76. The summed E-state index contributed by atoms with van der Waals surface area (Å²) in [5, 5.41) is 5.23. The lowest BCUT2D eigenvalue weighted by molar-refractivity contribution is -0.135. The number of benzene rings is 2. The number of unbranched alkanes of at least 4 members (excludes halogenated alkanes) is 1. The average molecular weight is 765 g/mol. The van der Waals surface area contributed by atoms with Crippen LogP contribution in [0.5, 0.6) is 23.0 Å². The zero-order valence-electron chi connectivity index (χ0n) is 30.4. The van der Waals surface area contributed by atoms with Crippen molar-refractivity contribution in [3.8, 4) is 23.0 Å². The third kappa shape index (κ3) is 12.3. The molecule has 6 aromatic rings. The van der Waals surface area contributed by atoms with E-state index in [0.717, 1.165) is 24.0 Å². The molecule has 0 bridgehead atoms. The van der Waals surface area contributed by atoms with Crippen molar-refractivity contribution >= 4 is 24.1 Å². The van der Waals surface area contributed by atoms with E-state index in [0.29, 0.717) is 48.7 Å². The zero-order valence-corrected chi connectivity index (χ0v) is 30.4. The van der Waals surface area contributed by atoms with Crippen LogP contribution in [0.25, 0.3) is 0 Å². The molecule has 0 aliphatic rings. The van der Waals surface area contributed by atoms with Gasteiger partial charge in [-0.05, 0) is 110 Å². The Hall–Kier alpha value is -6.96. The number of aryl methyl sites for hydroxylation is 4. The van der Waals surface area contributed by atoms with Crippen LogP contribution in [0.15, 0.2) is 128 Å². The van der Waals surface area contributed by atoms with Crippen LogP contribution in [-0.2, 0) is 48.4 Å². The number of amides is 2. The van der Waals surface area contributed by atoms with E-state index in [1.807, 2.05) is 6.07 Å². The molecule has 4 heterocycles. The molecule has 0 saturated carbocycles. The molecule has 0 saturated heterocycles. The summed E-state index contributed by atoms with van der Waals surface area (Å²) in [6.07, 6.45) is 8.12. The van der Waals surface area contributed by atoms with E-state index in [-0.39, 0.29) is 48.9 Å². The molecule has 14 heteroatoms. The lowest BCUT2D eigenvalue weighted by atomic mass is 10.0. The number of esters is 2. The number of carbonyl (C=O) groups excluding carboxylic acids is 4. The molecular weight excluding hydrogens is 724 g/mol. The second-order valence-electron chi connectivity index (χ2n) is 12.5. The Labute approximate surface area is 321 Å². The smallest absolute Gasteiger partial charge is 0.413 e. The van der Waals surface area contributed by atoms with Crippen molar-refractivity contribution in [3.05, 3.63) is 144 Å². The molecule has 0 atom stereocenters. The first-order valence-corrected chi connectivity index (χ1v) is 18.0. The first-order valence-electron chi connectivity index (χ1n) is 18.0. The maximum atomic E-state index is 12.8. The van der Waals surface area contributed by atoms with Gasteiger partial charge in [0.1, 0.15) is 23.0 Å². The lowest BCUT2D eigenvalue weighted by Gasteiger charge is -2.13. The number of ether oxygens (including phenoxy) is 4. The van der Waals surface area contributed by atoms with Crippen molar-refractivity contribution in [1.29, 1.82) is 0 Å². The van der Waals surface area contributed by atoms with Gasteiger partial charge in [0.25, 0.3) is 0 Å². The molecule has 2 amide bonds. The van der Waals surface area contributed by atoms with Gasteiger partial charge in [0.2, 0.25) is 0 Å². The van der Waals surface area contributed by atoms with E-state index in [1.54, 1.807) is 78.9 Å². The van der Waals surface area contributed by atoms with Gasteiger partial charge in [0.05, 0.1) is 51.0 Å². The van der Waals surface area contributed by atoms with E-state index < -0.39 is 24.1 Å². The minimum Gasteiger partial charge on any atom is -0.469 e. The Morgan fingerprint density at radius 2 is 0.839 bits per heavy atom.